The molecule has 0 aliphatic carbocycles. The first-order valence-electron chi connectivity index (χ1n) is 13.7. The molecule has 3 heterocycles. The molecule has 3 aromatic rings. The second-order valence-corrected chi connectivity index (χ2v) is 11.8. The van der Waals surface area contributed by atoms with E-state index in [4.69, 9.17) is 14.5 Å². The van der Waals surface area contributed by atoms with Crippen molar-refractivity contribution in [3.8, 4) is 17.1 Å². The highest BCUT2D eigenvalue weighted by Gasteiger charge is 2.30. The van der Waals surface area contributed by atoms with Crippen molar-refractivity contribution < 1.29 is 22.7 Å². The summed E-state index contributed by atoms with van der Waals surface area (Å²) >= 11 is 0. The van der Waals surface area contributed by atoms with Crippen molar-refractivity contribution in [2.24, 2.45) is 13.0 Å². The number of hydrogen-bond donors (Lipinski definition) is 1. The number of H-pyrrole nitrogens is 1. The molecule has 0 spiro atoms. The molecule has 0 unspecified atom stereocenters. The van der Waals surface area contributed by atoms with Crippen LogP contribution in [0.25, 0.3) is 22.4 Å². The lowest BCUT2D eigenvalue weighted by Crippen LogP contribution is -2.38. The Labute approximate surface area is 229 Å². The van der Waals surface area contributed by atoms with Gasteiger partial charge in [-0.05, 0) is 69.2 Å². The number of aromatic amines is 1. The Balaban J connectivity index is 1.63. The number of aryl methyl sites for hydroxylation is 2. The molecule has 1 aliphatic rings. The highest BCUT2D eigenvalue weighted by molar-refractivity contribution is 7.89. The minimum absolute atomic E-state index is 0.121. The molecule has 39 heavy (non-hydrogen) atoms. The number of hydrogen-bond acceptors (Lipinski definition) is 7. The SMILES string of the molecule is CCCc1cn(C)c2c(=O)[nH]c(-c3cc(S(=O)(=O)N4CCC(CCC(=O)OCC)CC4)ccc3OCC)nc12. The van der Waals surface area contributed by atoms with Crippen molar-refractivity contribution in [3.05, 3.63) is 40.3 Å². The number of aromatic nitrogens is 3. The smallest absolute Gasteiger partial charge is 0.305 e. The first-order chi connectivity index (χ1) is 18.7. The molecule has 1 aliphatic heterocycles. The molecule has 0 bridgehead atoms. The van der Waals surface area contributed by atoms with Crippen LogP contribution in [0.1, 0.15) is 58.4 Å². The molecule has 1 saturated heterocycles. The van der Waals surface area contributed by atoms with E-state index in [9.17, 15) is 18.0 Å². The number of sulfonamides is 1. The number of ether oxygens (including phenoxy) is 2. The predicted octanol–water partition coefficient (Wildman–Crippen LogP) is 4.02. The largest absolute Gasteiger partial charge is 0.493 e. The molecule has 10 nitrogen and oxygen atoms in total. The molecular formula is C28H38N4O6S. The van der Waals surface area contributed by atoms with Gasteiger partial charge < -0.3 is 19.0 Å². The summed E-state index contributed by atoms with van der Waals surface area (Å²) in [5.41, 5.74) is 2.19. The van der Waals surface area contributed by atoms with Gasteiger partial charge in [0.1, 0.15) is 17.1 Å². The Morgan fingerprint density at radius 2 is 1.90 bits per heavy atom. The summed E-state index contributed by atoms with van der Waals surface area (Å²) in [6, 6.07) is 4.71. The molecule has 212 valence electrons. The van der Waals surface area contributed by atoms with E-state index < -0.39 is 10.0 Å². The van der Waals surface area contributed by atoms with Crippen LogP contribution in [0.15, 0.2) is 34.1 Å². The van der Waals surface area contributed by atoms with Crippen molar-refractivity contribution >= 4 is 27.0 Å². The number of benzene rings is 1. The summed E-state index contributed by atoms with van der Waals surface area (Å²) < 4.78 is 41.3. The number of carbonyl (C=O) groups is 1. The molecule has 1 aromatic carbocycles. The topological polar surface area (TPSA) is 124 Å². The minimum atomic E-state index is -3.79. The van der Waals surface area contributed by atoms with Crippen LogP contribution in [0.4, 0.5) is 0 Å². The summed E-state index contributed by atoms with van der Waals surface area (Å²) in [6.45, 7) is 7.19. The van der Waals surface area contributed by atoms with E-state index in [0.29, 0.717) is 74.3 Å². The summed E-state index contributed by atoms with van der Waals surface area (Å²) in [6.07, 6.45) is 6.01. The average molecular weight is 559 g/mol. The van der Waals surface area contributed by atoms with Crippen LogP contribution in [0.2, 0.25) is 0 Å². The van der Waals surface area contributed by atoms with Crippen molar-refractivity contribution in [3.63, 3.8) is 0 Å². The highest BCUT2D eigenvalue weighted by atomic mass is 32.2. The Kier molecular flexibility index (Phi) is 9.12. The maximum atomic E-state index is 13.6. The number of esters is 1. The average Bonchev–Trinajstić information content (AvgIpc) is 3.23. The summed E-state index contributed by atoms with van der Waals surface area (Å²) in [5.74, 6) is 0.788. The van der Waals surface area contributed by atoms with Gasteiger partial charge >= 0.3 is 5.97 Å². The Bertz CT molecular complexity index is 1490. The molecular weight excluding hydrogens is 520 g/mol. The molecule has 1 fully saturated rings. The van der Waals surface area contributed by atoms with Gasteiger partial charge in [-0.1, -0.05) is 13.3 Å². The van der Waals surface area contributed by atoms with Crippen LogP contribution < -0.4 is 10.3 Å². The van der Waals surface area contributed by atoms with Gasteiger partial charge in [-0.2, -0.15) is 4.31 Å². The van der Waals surface area contributed by atoms with Crippen molar-refractivity contribution in [2.75, 3.05) is 26.3 Å². The number of carbonyl (C=O) groups excluding carboxylic acids is 1. The van der Waals surface area contributed by atoms with Crippen LogP contribution in [0, 0.1) is 5.92 Å². The Morgan fingerprint density at radius 1 is 1.15 bits per heavy atom. The minimum Gasteiger partial charge on any atom is -0.493 e. The third kappa shape index (κ3) is 6.19. The molecule has 1 N–H and O–H groups in total. The molecule has 2 aromatic heterocycles. The number of rotatable bonds is 11. The van der Waals surface area contributed by atoms with Crippen molar-refractivity contribution in [2.45, 2.75) is 64.2 Å². The van der Waals surface area contributed by atoms with Crippen LogP contribution in [0.5, 0.6) is 5.75 Å². The third-order valence-corrected chi connectivity index (χ3v) is 9.09. The summed E-state index contributed by atoms with van der Waals surface area (Å²) in [5, 5.41) is 0. The summed E-state index contributed by atoms with van der Waals surface area (Å²) in [4.78, 5) is 32.5. The number of nitrogens with one attached hydrogen (secondary N) is 1. The van der Waals surface area contributed by atoms with E-state index in [2.05, 4.69) is 11.9 Å². The lowest BCUT2D eigenvalue weighted by molar-refractivity contribution is -0.143. The molecule has 0 saturated carbocycles. The number of nitrogens with zero attached hydrogens (tertiary/aromatic N) is 3. The second kappa shape index (κ2) is 12.3. The van der Waals surface area contributed by atoms with Gasteiger partial charge in [0.15, 0.2) is 0 Å². The standard InChI is InChI=1S/C28H38N4O6S/c1-5-8-20-18-31(4)26-25(20)29-27(30-28(26)34)22-17-21(10-11-23(22)37-6-2)39(35,36)32-15-13-19(14-16-32)9-12-24(33)38-7-3/h10-11,17-19H,5-9,12-16H2,1-4H3,(H,29,30,34). The van der Waals surface area contributed by atoms with Gasteiger partial charge in [-0.3, -0.25) is 9.59 Å². The predicted molar refractivity (Wildman–Crippen MR) is 149 cm³/mol. The quantitative estimate of drug-likeness (QED) is 0.353. The molecule has 4 rings (SSSR count). The fourth-order valence-corrected chi connectivity index (χ4v) is 6.73. The monoisotopic (exact) mass is 558 g/mol. The third-order valence-electron chi connectivity index (χ3n) is 7.20. The Morgan fingerprint density at radius 3 is 2.56 bits per heavy atom. The normalized spacial score (nSPS) is 15.1. The first-order valence-corrected chi connectivity index (χ1v) is 15.1. The van der Waals surface area contributed by atoms with E-state index in [0.717, 1.165) is 18.4 Å². The lowest BCUT2D eigenvalue weighted by atomic mass is 9.93. The Hall–Kier alpha value is -3.18. The van der Waals surface area contributed by atoms with Crippen molar-refractivity contribution in [1.82, 2.24) is 18.8 Å². The van der Waals surface area contributed by atoms with Gasteiger partial charge in [-0.25, -0.2) is 13.4 Å². The maximum absolute atomic E-state index is 13.6. The van der Waals surface area contributed by atoms with Crippen LogP contribution in [-0.2, 0) is 33.0 Å². The van der Waals surface area contributed by atoms with Crippen LogP contribution in [-0.4, -0.2) is 59.5 Å². The van der Waals surface area contributed by atoms with Crippen LogP contribution >= 0.6 is 0 Å². The second-order valence-electron chi connectivity index (χ2n) is 9.91. The first kappa shape index (κ1) is 28.8. The van der Waals surface area contributed by atoms with Crippen molar-refractivity contribution in [1.29, 1.82) is 0 Å². The zero-order valence-electron chi connectivity index (χ0n) is 23.2. The molecule has 11 heteroatoms. The van der Waals surface area contributed by atoms with E-state index in [1.54, 1.807) is 29.7 Å². The number of fused-ring (bicyclic) bond motifs is 1. The zero-order chi connectivity index (χ0) is 28.2. The van der Waals surface area contributed by atoms with Gasteiger partial charge in [0, 0.05) is 32.8 Å². The van der Waals surface area contributed by atoms with Crippen LogP contribution in [0.3, 0.4) is 0 Å². The zero-order valence-corrected chi connectivity index (χ0v) is 24.0. The van der Waals surface area contributed by atoms with E-state index in [1.165, 1.54) is 4.31 Å². The lowest BCUT2D eigenvalue weighted by Gasteiger charge is -2.31. The molecule has 0 amide bonds. The maximum Gasteiger partial charge on any atom is 0.305 e. The summed E-state index contributed by atoms with van der Waals surface area (Å²) in [7, 11) is -1.97. The van der Waals surface area contributed by atoms with Gasteiger partial charge in [-0.15, -0.1) is 0 Å². The molecule has 0 radical (unpaired) electrons. The number of piperidine rings is 1. The van der Waals surface area contributed by atoms with Gasteiger partial charge in [0.05, 0.1) is 29.2 Å². The van der Waals surface area contributed by atoms with Gasteiger partial charge in [0.2, 0.25) is 10.0 Å². The fraction of sp³-hybridized carbons (Fsp3) is 0.536. The fourth-order valence-electron chi connectivity index (χ4n) is 5.24. The van der Waals surface area contributed by atoms with E-state index in [-0.39, 0.29) is 28.2 Å². The van der Waals surface area contributed by atoms with E-state index >= 15 is 0 Å². The van der Waals surface area contributed by atoms with Gasteiger partial charge in [0.25, 0.3) is 5.56 Å². The molecule has 0 atom stereocenters. The highest BCUT2D eigenvalue weighted by Crippen LogP contribution is 2.33. The van der Waals surface area contributed by atoms with E-state index in [1.807, 2.05) is 20.2 Å².